The summed E-state index contributed by atoms with van der Waals surface area (Å²) in [5.41, 5.74) is 12.0. The molecule has 1 aliphatic rings. The zero-order valence-corrected chi connectivity index (χ0v) is 22.7. The normalized spacial score (nSPS) is 14.7. The molecule has 3 aromatic carbocycles. The number of hydrogen-bond acceptors (Lipinski definition) is 5. The third-order valence-corrected chi connectivity index (χ3v) is 7.15. The van der Waals surface area contributed by atoms with Gasteiger partial charge in [-0.25, -0.2) is 0 Å². The first-order chi connectivity index (χ1) is 17.9. The Bertz CT molecular complexity index is 1280. The van der Waals surface area contributed by atoms with Crippen molar-refractivity contribution in [1.29, 1.82) is 0 Å². The van der Waals surface area contributed by atoms with Crippen molar-refractivity contribution in [3.63, 3.8) is 0 Å². The number of carbonyl (C=O) groups is 1. The number of hydrogen-bond donors (Lipinski definition) is 1. The second kappa shape index (κ2) is 11.8. The molecule has 0 saturated carbocycles. The van der Waals surface area contributed by atoms with Gasteiger partial charge in [0.15, 0.2) is 11.5 Å². The number of rotatable bonds is 9. The first-order valence-electron chi connectivity index (χ1n) is 12.7. The number of benzene rings is 3. The van der Waals surface area contributed by atoms with E-state index in [0.717, 1.165) is 40.7 Å². The van der Waals surface area contributed by atoms with Crippen molar-refractivity contribution < 1.29 is 19.0 Å². The summed E-state index contributed by atoms with van der Waals surface area (Å²) in [7, 11) is 3.26. The fourth-order valence-electron chi connectivity index (χ4n) is 5.00. The van der Waals surface area contributed by atoms with Crippen LogP contribution in [0.3, 0.4) is 0 Å². The fraction of sp³-hybridized carbons (Fsp3) is 0.367. The van der Waals surface area contributed by atoms with Gasteiger partial charge >= 0.3 is 0 Å². The molecule has 37 heavy (non-hydrogen) atoms. The molecule has 1 unspecified atom stereocenters. The van der Waals surface area contributed by atoms with E-state index in [1.54, 1.807) is 14.2 Å². The van der Waals surface area contributed by atoms with Crippen molar-refractivity contribution in [2.24, 2.45) is 0 Å². The number of halogens is 1. The second-order valence-corrected chi connectivity index (χ2v) is 9.80. The summed E-state index contributed by atoms with van der Waals surface area (Å²) in [6.07, 6.45) is 2.76. The lowest BCUT2D eigenvalue weighted by atomic mass is 9.85. The van der Waals surface area contributed by atoms with E-state index in [9.17, 15) is 4.79 Å². The molecular formula is C30H35ClN2O4. The van der Waals surface area contributed by atoms with Crippen LogP contribution in [0.2, 0.25) is 5.02 Å². The molecule has 1 amide bonds. The first kappa shape index (κ1) is 26.7. The number of carbonyl (C=O) groups excluding carboxylic acids is 1. The minimum Gasteiger partial charge on any atom is -0.495 e. The third-order valence-electron chi connectivity index (χ3n) is 6.91. The number of methoxy groups -OCH3 is 2. The number of nitrogens with zero attached hydrogens (tertiary/aromatic N) is 1. The van der Waals surface area contributed by atoms with Crippen LogP contribution in [0.25, 0.3) is 0 Å². The number of fused-ring (bicyclic) bond motifs is 1. The number of ether oxygens (including phenoxy) is 3. The van der Waals surface area contributed by atoms with E-state index >= 15 is 0 Å². The molecule has 0 bridgehead atoms. The predicted molar refractivity (Wildman–Crippen MR) is 148 cm³/mol. The van der Waals surface area contributed by atoms with Gasteiger partial charge in [0.1, 0.15) is 5.75 Å². The summed E-state index contributed by atoms with van der Waals surface area (Å²) in [5, 5.41) is 0.682. The van der Waals surface area contributed by atoms with Gasteiger partial charge in [-0.05, 0) is 84.0 Å². The highest BCUT2D eigenvalue weighted by atomic mass is 35.5. The monoisotopic (exact) mass is 522 g/mol. The lowest BCUT2D eigenvalue weighted by Gasteiger charge is -2.39. The molecule has 6 nitrogen and oxygen atoms in total. The smallest absolute Gasteiger partial charge is 0.223 e. The zero-order valence-electron chi connectivity index (χ0n) is 22.0. The molecule has 0 aliphatic carbocycles. The molecule has 196 valence electrons. The Morgan fingerprint density at radius 1 is 1.03 bits per heavy atom. The molecule has 0 aromatic heterocycles. The van der Waals surface area contributed by atoms with Crippen molar-refractivity contribution in [2.75, 3.05) is 33.1 Å². The molecule has 0 saturated heterocycles. The van der Waals surface area contributed by atoms with E-state index in [1.807, 2.05) is 61.2 Å². The van der Waals surface area contributed by atoms with Crippen LogP contribution < -0.4 is 19.9 Å². The zero-order chi connectivity index (χ0) is 26.5. The highest BCUT2D eigenvalue weighted by Crippen LogP contribution is 2.42. The molecule has 7 heteroatoms. The standard InChI is InChI=1S/C30H35ClN2O4/c1-5-6-29(34)33-13-11-21-17-27(36-4)28(37-14-12-20-7-10-25(32)26(16-20)35-3)18-24(21)30(33)23-9-8-22(31)15-19(23)2/h7-10,15-18,30H,5-6,11-14,32H2,1-4H3. The number of nitrogens with two attached hydrogens (primary N) is 1. The molecule has 1 aliphatic heterocycles. The molecule has 4 rings (SSSR count). The average molecular weight is 523 g/mol. The summed E-state index contributed by atoms with van der Waals surface area (Å²) >= 11 is 6.27. The Labute approximate surface area is 224 Å². The average Bonchev–Trinajstić information content (AvgIpc) is 2.89. The van der Waals surface area contributed by atoms with Crippen molar-refractivity contribution in [1.82, 2.24) is 4.90 Å². The number of nitrogen functional groups attached to an aromatic ring is 1. The van der Waals surface area contributed by atoms with Gasteiger partial charge in [-0.1, -0.05) is 30.7 Å². The van der Waals surface area contributed by atoms with E-state index < -0.39 is 0 Å². The minimum atomic E-state index is -0.213. The van der Waals surface area contributed by atoms with Gasteiger partial charge in [-0.3, -0.25) is 4.79 Å². The van der Waals surface area contributed by atoms with Gasteiger partial charge in [0.25, 0.3) is 0 Å². The molecule has 2 N–H and O–H groups in total. The van der Waals surface area contributed by atoms with Crippen LogP contribution in [-0.4, -0.2) is 38.2 Å². The lowest BCUT2D eigenvalue weighted by Crippen LogP contribution is -2.40. The van der Waals surface area contributed by atoms with Gasteiger partial charge in [-0.15, -0.1) is 0 Å². The van der Waals surface area contributed by atoms with Gasteiger partial charge in [0.05, 0.1) is 32.6 Å². The molecule has 1 heterocycles. The molecule has 1 atom stereocenters. The van der Waals surface area contributed by atoms with Crippen LogP contribution in [-0.2, 0) is 17.6 Å². The largest absolute Gasteiger partial charge is 0.495 e. The predicted octanol–water partition coefficient (Wildman–Crippen LogP) is 6.14. The highest BCUT2D eigenvalue weighted by Gasteiger charge is 2.33. The van der Waals surface area contributed by atoms with Crippen LogP contribution in [0, 0.1) is 6.92 Å². The van der Waals surface area contributed by atoms with E-state index in [1.165, 1.54) is 0 Å². The van der Waals surface area contributed by atoms with Gasteiger partial charge < -0.3 is 24.8 Å². The Morgan fingerprint density at radius 3 is 2.51 bits per heavy atom. The summed E-state index contributed by atoms with van der Waals surface area (Å²) in [4.78, 5) is 15.2. The summed E-state index contributed by atoms with van der Waals surface area (Å²) < 4.78 is 17.3. The molecule has 0 spiro atoms. The summed E-state index contributed by atoms with van der Waals surface area (Å²) in [6, 6.07) is 15.5. The third kappa shape index (κ3) is 5.80. The van der Waals surface area contributed by atoms with E-state index in [-0.39, 0.29) is 11.9 Å². The SMILES string of the molecule is CCCC(=O)N1CCc2cc(OC)c(OCCc3ccc(N)c(OC)c3)cc2C1c1ccc(Cl)cc1C. The van der Waals surface area contributed by atoms with E-state index in [2.05, 4.69) is 6.07 Å². The highest BCUT2D eigenvalue weighted by molar-refractivity contribution is 6.30. The fourth-order valence-corrected chi connectivity index (χ4v) is 5.22. The number of aryl methyl sites for hydroxylation is 1. The van der Waals surface area contributed by atoms with Crippen LogP contribution in [0.15, 0.2) is 48.5 Å². The molecule has 0 fully saturated rings. The van der Waals surface area contributed by atoms with Crippen molar-refractivity contribution in [2.45, 2.75) is 45.6 Å². The summed E-state index contributed by atoms with van der Waals surface area (Å²) in [6.45, 7) is 5.18. The topological polar surface area (TPSA) is 74.0 Å². The van der Waals surface area contributed by atoms with Crippen LogP contribution in [0.1, 0.15) is 53.6 Å². The van der Waals surface area contributed by atoms with Gasteiger partial charge in [0.2, 0.25) is 5.91 Å². The Kier molecular flexibility index (Phi) is 8.49. The maximum Gasteiger partial charge on any atom is 0.223 e. The Morgan fingerprint density at radius 2 is 1.81 bits per heavy atom. The van der Waals surface area contributed by atoms with Crippen LogP contribution in [0.5, 0.6) is 17.2 Å². The van der Waals surface area contributed by atoms with Crippen LogP contribution >= 0.6 is 11.6 Å². The summed E-state index contributed by atoms with van der Waals surface area (Å²) in [5.74, 6) is 2.16. The van der Waals surface area contributed by atoms with Crippen molar-refractivity contribution in [3.05, 3.63) is 81.4 Å². The maximum atomic E-state index is 13.2. The quantitative estimate of drug-likeness (QED) is 0.341. The molecular weight excluding hydrogens is 488 g/mol. The van der Waals surface area contributed by atoms with E-state index in [4.69, 9.17) is 31.5 Å². The Hall–Kier alpha value is -3.38. The van der Waals surface area contributed by atoms with Crippen LogP contribution in [0.4, 0.5) is 5.69 Å². The molecule has 3 aromatic rings. The Balaban J connectivity index is 1.68. The number of amides is 1. The van der Waals surface area contributed by atoms with Gasteiger partial charge in [0, 0.05) is 24.4 Å². The van der Waals surface area contributed by atoms with E-state index in [0.29, 0.717) is 54.0 Å². The minimum absolute atomic E-state index is 0.156. The van der Waals surface area contributed by atoms with Gasteiger partial charge in [-0.2, -0.15) is 0 Å². The maximum absolute atomic E-state index is 13.2. The first-order valence-corrected chi connectivity index (χ1v) is 13.1. The molecule has 0 radical (unpaired) electrons. The number of anilines is 1. The lowest BCUT2D eigenvalue weighted by molar-refractivity contribution is -0.133. The van der Waals surface area contributed by atoms with Crippen molar-refractivity contribution in [3.8, 4) is 17.2 Å². The van der Waals surface area contributed by atoms with Crippen molar-refractivity contribution >= 4 is 23.2 Å². The second-order valence-electron chi connectivity index (χ2n) is 9.37.